The molecule has 1 aliphatic rings. The number of Topliss-reactive ketones (excluding diaryl/α,β-unsaturated/α-hetero) is 1. The highest BCUT2D eigenvalue weighted by atomic mass is 16.3. The summed E-state index contributed by atoms with van der Waals surface area (Å²) >= 11 is 0. The molecule has 2 heterocycles. The Kier molecular flexibility index (Phi) is 5.12. The van der Waals surface area contributed by atoms with Crippen molar-refractivity contribution in [2.75, 3.05) is 18.4 Å². The molecule has 0 atom stereocenters. The van der Waals surface area contributed by atoms with Crippen molar-refractivity contribution in [1.82, 2.24) is 9.88 Å². The van der Waals surface area contributed by atoms with Crippen LogP contribution in [0, 0.1) is 5.92 Å². The van der Waals surface area contributed by atoms with Gasteiger partial charge in [-0.15, -0.1) is 0 Å². The van der Waals surface area contributed by atoms with Crippen molar-refractivity contribution in [3.8, 4) is 11.5 Å². The van der Waals surface area contributed by atoms with Crippen LogP contribution in [0.5, 0.6) is 0 Å². The molecule has 3 aromatic rings. The van der Waals surface area contributed by atoms with E-state index in [9.17, 15) is 14.4 Å². The van der Waals surface area contributed by atoms with E-state index in [0.717, 1.165) is 16.7 Å². The van der Waals surface area contributed by atoms with E-state index in [-0.39, 0.29) is 11.8 Å². The summed E-state index contributed by atoms with van der Waals surface area (Å²) < 4.78 is 5.76. The zero-order valence-electron chi connectivity index (χ0n) is 16.1. The lowest BCUT2D eigenvalue weighted by atomic mass is 9.95. The molecule has 0 unspecified atom stereocenters. The number of para-hydroxylation sites is 2. The number of carbonyl (C=O) groups excluding carboxylic acids is 3. The Morgan fingerprint density at radius 2 is 1.72 bits per heavy atom. The first-order valence-corrected chi connectivity index (χ1v) is 9.58. The molecule has 1 fully saturated rings. The first-order chi connectivity index (χ1) is 14.0. The van der Waals surface area contributed by atoms with Gasteiger partial charge in [-0.3, -0.25) is 14.4 Å². The van der Waals surface area contributed by atoms with E-state index in [2.05, 4.69) is 10.3 Å². The number of piperidine rings is 1. The first kappa shape index (κ1) is 18.9. The van der Waals surface area contributed by atoms with Gasteiger partial charge in [0.15, 0.2) is 5.58 Å². The summed E-state index contributed by atoms with van der Waals surface area (Å²) in [7, 11) is 0. The molecule has 0 aliphatic carbocycles. The molecule has 1 aliphatic heterocycles. The van der Waals surface area contributed by atoms with Gasteiger partial charge in [-0.05, 0) is 49.2 Å². The van der Waals surface area contributed by atoms with Gasteiger partial charge in [0.05, 0.1) is 0 Å². The minimum absolute atomic E-state index is 0.0745. The number of carbonyl (C=O) groups is 3. The maximum atomic E-state index is 12.5. The summed E-state index contributed by atoms with van der Waals surface area (Å²) in [5.41, 5.74) is 3.05. The van der Waals surface area contributed by atoms with Gasteiger partial charge in [0.1, 0.15) is 5.52 Å². The third kappa shape index (κ3) is 4.03. The largest absolute Gasteiger partial charge is 0.436 e. The highest BCUT2D eigenvalue weighted by Gasteiger charge is 2.28. The smallest absolute Gasteiger partial charge is 0.289 e. The van der Waals surface area contributed by atoms with E-state index < -0.39 is 11.7 Å². The molecule has 7 nitrogen and oxygen atoms in total. The quantitative estimate of drug-likeness (QED) is 0.689. The Labute approximate surface area is 167 Å². The number of aromatic nitrogens is 1. The predicted molar refractivity (Wildman–Crippen MR) is 108 cm³/mol. The van der Waals surface area contributed by atoms with Crippen LogP contribution >= 0.6 is 0 Å². The van der Waals surface area contributed by atoms with Crippen LogP contribution in [-0.4, -0.2) is 40.6 Å². The fraction of sp³-hybridized carbons (Fsp3) is 0.273. The molecule has 0 bridgehead atoms. The Morgan fingerprint density at radius 1 is 1.03 bits per heavy atom. The topological polar surface area (TPSA) is 92.5 Å². The van der Waals surface area contributed by atoms with Gasteiger partial charge in [-0.25, -0.2) is 4.98 Å². The molecule has 7 heteroatoms. The lowest BCUT2D eigenvalue weighted by Crippen LogP contribution is -2.43. The second-order valence-corrected chi connectivity index (χ2v) is 7.18. The molecule has 4 rings (SSSR count). The number of anilines is 1. The van der Waals surface area contributed by atoms with Crippen molar-refractivity contribution >= 4 is 34.4 Å². The summed E-state index contributed by atoms with van der Waals surface area (Å²) in [6.45, 7) is 2.12. The van der Waals surface area contributed by atoms with Crippen molar-refractivity contribution < 1.29 is 18.8 Å². The second kappa shape index (κ2) is 7.87. The molecule has 29 heavy (non-hydrogen) atoms. The van der Waals surface area contributed by atoms with Crippen LogP contribution < -0.4 is 5.32 Å². The average molecular weight is 391 g/mol. The van der Waals surface area contributed by atoms with Gasteiger partial charge in [-0.2, -0.15) is 0 Å². The molecular weight excluding hydrogens is 370 g/mol. The minimum Gasteiger partial charge on any atom is -0.436 e. The van der Waals surface area contributed by atoms with E-state index in [1.807, 2.05) is 48.5 Å². The van der Waals surface area contributed by atoms with Crippen LogP contribution in [0.2, 0.25) is 0 Å². The second-order valence-electron chi connectivity index (χ2n) is 7.18. The fourth-order valence-corrected chi connectivity index (χ4v) is 3.50. The Balaban J connectivity index is 1.37. The van der Waals surface area contributed by atoms with Crippen molar-refractivity contribution in [2.24, 2.45) is 5.92 Å². The normalized spacial score (nSPS) is 14.7. The molecule has 2 aromatic carbocycles. The number of hydrogen-bond acceptors (Lipinski definition) is 5. The SMILES string of the molecule is CC(=O)C(=O)N1CCC(C(=O)Nc2ccc(-c3nc4ccccc4o3)cc2)CC1. The molecule has 2 amide bonds. The van der Waals surface area contributed by atoms with Crippen LogP contribution in [-0.2, 0) is 14.4 Å². The molecular formula is C22H21N3O4. The maximum absolute atomic E-state index is 12.5. The Bertz CT molecular complexity index is 1030. The van der Waals surface area contributed by atoms with Gasteiger partial charge in [0, 0.05) is 37.2 Å². The molecule has 1 aromatic heterocycles. The number of likely N-dealkylation sites (tertiary alicyclic amines) is 1. The van der Waals surface area contributed by atoms with E-state index in [4.69, 9.17) is 4.42 Å². The van der Waals surface area contributed by atoms with Crippen molar-refractivity contribution in [3.05, 3.63) is 48.5 Å². The third-order valence-corrected chi connectivity index (χ3v) is 5.15. The zero-order chi connectivity index (χ0) is 20.4. The number of fused-ring (bicyclic) bond motifs is 1. The van der Waals surface area contributed by atoms with Crippen LogP contribution in [0.4, 0.5) is 5.69 Å². The monoisotopic (exact) mass is 391 g/mol. The molecule has 0 spiro atoms. The zero-order valence-corrected chi connectivity index (χ0v) is 16.1. The minimum atomic E-state index is -0.473. The fourth-order valence-electron chi connectivity index (χ4n) is 3.50. The number of oxazole rings is 1. The van der Waals surface area contributed by atoms with Crippen LogP contribution in [0.25, 0.3) is 22.6 Å². The molecule has 1 saturated heterocycles. The summed E-state index contributed by atoms with van der Waals surface area (Å²) in [5, 5.41) is 2.92. The van der Waals surface area contributed by atoms with Crippen molar-refractivity contribution in [1.29, 1.82) is 0 Å². The number of ketones is 1. The third-order valence-electron chi connectivity index (χ3n) is 5.15. The number of rotatable bonds is 4. The Morgan fingerprint density at radius 3 is 2.38 bits per heavy atom. The number of hydrogen-bond donors (Lipinski definition) is 1. The summed E-state index contributed by atoms with van der Waals surface area (Å²) in [6.07, 6.45) is 1.09. The highest BCUT2D eigenvalue weighted by Crippen LogP contribution is 2.26. The van der Waals surface area contributed by atoms with E-state index in [0.29, 0.717) is 37.5 Å². The maximum Gasteiger partial charge on any atom is 0.289 e. The molecule has 1 N–H and O–H groups in total. The van der Waals surface area contributed by atoms with Crippen molar-refractivity contribution in [2.45, 2.75) is 19.8 Å². The van der Waals surface area contributed by atoms with Crippen LogP contribution in [0.3, 0.4) is 0 Å². The lowest BCUT2D eigenvalue weighted by Gasteiger charge is -2.30. The molecule has 148 valence electrons. The molecule has 0 saturated carbocycles. The van der Waals surface area contributed by atoms with Gasteiger partial charge in [-0.1, -0.05) is 12.1 Å². The summed E-state index contributed by atoms with van der Waals surface area (Å²) in [5.74, 6) is -0.658. The van der Waals surface area contributed by atoms with Gasteiger partial charge in [0.2, 0.25) is 17.6 Å². The van der Waals surface area contributed by atoms with Crippen LogP contribution in [0.1, 0.15) is 19.8 Å². The molecule has 0 radical (unpaired) electrons. The van der Waals surface area contributed by atoms with Gasteiger partial charge < -0.3 is 14.6 Å². The van der Waals surface area contributed by atoms with Crippen LogP contribution in [0.15, 0.2) is 52.9 Å². The summed E-state index contributed by atoms with van der Waals surface area (Å²) in [4.78, 5) is 41.5. The summed E-state index contributed by atoms with van der Waals surface area (Å²) in [6, 6.07) is 14.9. The highest BCUT2D eigenvalue weighted by molar-refractivity contribution is 6.35. The van der Waals surface area contributed by atoms with Crippen molar-refractivity contribution in [3.63, 3.8) is 0 Å². The van der Waals surface area contributed by atoms with E-state index >= 15 is 0 Å². The van der Waals surface area contributed by atoms with Gasteiger partial charge in [0.25, 0.3) is 5.91 Å². The Hall–Kier alpha value is -3.48. The predicted octanol–water partition coefficient (Wildman–Crippen LogP) is 3.26. The number of nitrogens with one attached hydrogen (secondary N) is 1. The number of benzene rings is 2. The first-order valence-electron chi connectivity index (χ1n) is 9.58. The lowest BCUT2D eigenvalue weighted by molar-refractivity contribution is -0.145. The number of amides is 2. The van der Waals surface area contributed by atoms with E-state index in [1.54, 1.807) is 0 Å². The number of nitrogens with zero attached hydrogens (tertiary/aromatic N) is 2. The van der Waals surface area contributed by atoms with E-state index in [1.165, 1.54) is 11.8 Å². The standard InChI is InChI=1S/C22H21N3O4/c1-14(26)22(28)25-12-10-15(11-13-25)20(27)23-17-8-6-16(7-9-17)21-24-18-4-2-3-5-19(18)29-21/h2-9,15H,10-13H2,1H3,(H,23,27). The average Bonchev–Trinajstić information content (AvgIpc) is 3.18. The van der Waals surface area contributed by atoms with Gasteiger partial charge >= 0.3 is 0 Å².